The summed E-state index contributed by atoms with van der Waals surface area (Å²) in [5.74, 6) is 1.83. The highest BCUT2D eigenvalue weighted by Crippen LogP contribution is 2.43. The maximum absolute atomic E-state index is 6.35. The van der Waals surface area contributed by atoms with Crippen LogP contribution in [0.2, 0.25) is 0 Å². The fraction of sp³-hybridized carbons (Fsp3) is 0.571. The molecule has 2 aliphatic rings. The van der Waals surface area contributed by atoms with Crippen molar-refractivity contribution in [1.82, 2.24) is 0 Å². The minimum absolute atomic E-state index is 0.145. The van der Waals surface area contributed by atoms with E-state index in [9.17, 15) is 0 Å². The Morgan fingerprint density at radius 1 is 1.41 bits per heavy atom. The van der Waals surface area contributed by atoms with Crippen molar-refractivity contribution in [1.29, 1.82) is 0 Å². The van der Waals surface area contributed by atoms with Gasteiger partial charge in [0.05, 0.1) is 6.61 Å². The molecule has 2 N–H and O–H groups in total. The molecule has 2 unspecified atom stereocenters. The van der Waals surface area contributed by atoms with Crippen molar-refractivity contribution in [2.45, 2.75) is 38.6 Å². The van der Waals surface area contributed by atoms with Crippen LogP contribution < -0.4 is 10.5 Å². The number of halogens is 1. The van der Waals surface area contributed by atoms with Gasteiger partial charge in [-0.3, -0.25) is 0 Å². The average Bonchev–Trinajstić information content (AvgIpc) is 2.66. The highest BCUT2D eigenvalue weighted by atomic mass is 79.9. The molecule has 0 saturated carbocycles. The highest BCUT2D eigenvalue weighted by Gasteiger charge is 2.28. The molecular weight excluding hydrogens is 278 g/mol. The van der Waals surface area contributed by atoms with Gasteiger partial charge < -0.3 is 10.5 Å². The molecule has 0 spiro atoms. The van der Waals surface area contributed by atoms with E-state index in [-0.39, 0.29) is 6.04 Å². The lowest BCUT2D eigenvalue weighted by Gasteiger charge is -2.18. The van der Waals surface area contributed by atoms with Crippen molar-refractivity contribution in [3.05, 3.63) is 27.2 Å². The van der Waals surface area contributed by atoms with Crippen LogP contribution in [-0.4, -0.2) is 6.61 Å². The van der Waals surface area contributed by atoms with Crippen molar-refractivity contribution in [2.24, 2.45) is 11.7 Å². The van der Waals surface area contributed by atoms with Crippen molar-refractivity contribution in [3.8, 4) is 5.75 Å². The number of benzene rings is 1. The zero-order chi connectivity index (χ0) is 12.0. The molecule has 0 bridgehead atoms. The molecule has 0 saturated heterocycles. The first-order chi connectivity index (χ1) is 8.16. The largest absolute Gasteiger partial charge is 0.493 e. The Morgan fingerprint density at radius 3 is 3.06 bits per heavy atom. The van der Waals surface area contributed by atoms with Crippen LogP contribution in [0.4, 0.5) is 0 Å². The molecule has 1 aliphatic heterocycles. The normalized spacial score (nSPS) is 27.0. The Bertz CT molecular complexity index is 458. The second kappa shape index (κ2) is 4.29. The molecule has 92 valence electrons. The Morgan fingerprint density at radius 2 is 2.24 bits per heavy atom. The second-order valence-corrected chi connectivity index (χ2v) is 6.18. The van der Waals surface area contributed by atoms with Crippen LogP contribution in [-0.2, 0) is 12.8 Å². The summed E-state index contributed by atoms with van der Waals surface area (Å²) in [6, 6.07) is 2.35. The molecule has 0 fully saturated rings. The Labute approximate surface area is 111 Å². The molecule has 2 atom stereocenters. The Kier molecular flexibility index (Phi) is 2.91. The Hall–Kier alpha value is -0.540. The molecule has 2 nitrogen and oxygen atoms in total. The molecule has 1 aromatic carbocycles. The number of nitrogens with two attached hydrogens (primary N) is 1. The van der Waals surface area contributed by atoms with E-state index in [1.165, 1.54) is 27.6 Å². The summed E-state index contributed by atoms with van der Waals surface area (Å²) in [5, 5.41) is 0. The molecule has 1 aliphatic carbocycles. The molecule has 3 heteroatoms. The van der Waals surface area contributed by atoms with E-state index in [2.05, 4.69) is 28.9 Å². The summed E-state index contributed by atoms with van der Waals surface area (Å²) in [6.07, 6.45) is 4.43. The van der Waals surface area contributed by atoms with E-state index < -0.39 is 0 Å². The number of rotatable bonds is 0. The zero-order valence-corrected chi connectivity index (χ0v) is 11.7. The van der Waals surface area contributed by atoms with Gasteiger partial charge >= 0.3 is 0 Å². The third kappa shape index (κ3) is 1.89. The van der Waals surface area contributed by atoms with Crippen LogP contribution in [0.5, 0.6) is 5.75 Å². The molecule has 1 aromatic rings. The second-order valence-electron chi connectivity index (χ2n) is 5.32. The van der Waals surface area contributed by atoms with Gasteiger partial charge in [0.15, 0.2) is 0 Å². The Balaban J connectivity index is 2.16. The SMILES string of the molecule is CC1CCc2c3c(cc(Br)c2C(N)C1)CCO3. The van der Waals surface area contributed by atoms with Gasteiger partial charge in [-0.25, -0.2) is 0 Å². The highest BCUT2D eigenvalue weighted by molar-refractivity contribution is 9.10. The van der Waals surface area contributed by atoms with Gasteiger partial charge in [-0.05, 0) is 42.4 Å². The predicted octanol–water partition coefficient (Wildman–Crippen LogP) is 3.36. The summed E-state index contributed by atoms with van der Waals surface area (Å²) in [7, 11) is 0. The lowest BCUT2D eigenvalue weighted by Crippen LogP contribution is -2.14. The molecule has 3 rings (SSSR count). The van der Waals surface area contributed by atoms with Gasteiger partial charge in [-0.2, -0.15) is 0 Å². The number of hydrogen-bond donors (Lipinski definition) is 1. The summed E-state index contributed by atoms with van der Waals surface area (Å²) in [5.41, 5.74) is 10.3. The fourth-order valence-corrected chi connectivity index (χ4v) is 3.90. The van der Waals surface area contributed by atoms with E-state index in [0.29, 0.717) is 5.92 Å². The lowest BCUT2D eigenvalue weighted by atomic mass is 9.95. The maximum atomic E-state index is 6.35. The van der Waals surface area contributed by atoms with E-state index >= 15 is 0 Å². The van der Waals surface area contributed by atoms with Gasteiger partial charge in [0.1, 0.15) is 5.75 Å². The molecule has 17 heavy (non-hydrogen) atoms. The number of ether oxygens (including phenoxy) is 1. The van der Waals surface area contributed by atoms with Crippen LogP contribution in [0.1, 0.15) is 42.5 Å². The first-order valence-electron chi connectivity index (χ1n) is 6.39. The van der Waals surface area contributed by atoms with E-state index in [0.717, 1.165) is 31.6 Å². The van der Waals surface area contributed by atoms with Gasteiger partial charge in [0, 0.05) is 22.5 Å². The smallest absolute Gasteiger partial charge is 0.126 e. The quantitative estimate of drug-likeness (QED) is 0.745. The fourth-order valence-electron chi connectivity index (χ4n) is 3.09. The van der Waals surface area contributed by atoms with E-state index in [1.54, 1.807) is 0 Å². The van der Waals surface area contributed by atoms with Crippen molar-refractivity contribution < 1.29 is 4.74 Å². The lowest BCUT2D eigenvalue weighted by molar-refractivity contribution is 0.352. The summed E-state index contributed by atoms with van der Waals surface area (Å²) >= 11 is 3.70. The molecule has 0 amide bonds. The minimum atomic E-state index is 0.145. The first-order valence-corrected chi connectivity index (χ1v) is 7.18. The molecule has 1 heterocycles. The monoisotopic (exact) mass is 295 g/mol. The van der Waals surface area contributed by atoms with Crippen LogP contribution in [0.3, 0.4) is 0 Å². The summed E-state index contributed by atoms with van der Waals surface area (Å²) in [4.78, 5) is 0. The standard InChI is InChI=1S/C14H18BrNO/c1-8-2-3-10-13(12(16)6-8)11(15)7-9-4-5-17-14(9)10/h7-8,12H,2-6,16H2,1H3. The van der Waals surface area contributed by atoms with Gasteiger partial charge in [0.2, 0.25) is 0 Å². The van der Waals surface area contributed by atoms with Gasteiger partial charge in [-0.15, -0.1) is 0 Å². The first kappa shape index (κ1) is 11.5. The third-order valence-corrected chi connectivity index (χ3v) is 4.64. The van der Waals surface area contributed by atoms with Gasteiger partial charge in [0.25, 0.3) is 0 Å². The molecule has 0 radical (unpaired) electrons. The predicted molar refractivity (Wildman–Crippen MR) is 72.4 cm³/mol. The van der Waals surface area contributed by atoms with E-state index in [4.69, 9.17) is 10.5 Å². The maximum Gasteiger partial charge on any atom is 0.126 e. The van der Waals surface area contributed by atoms with Crippen molar-refractivity contribution >= 4 is 15.9 Å². The topological polar surface area (TPSA) is 35.2 Å². The van der Waals surface area contributed by atoms with E-state index in [1.807, 2.05) is 0 Å². The van der Waals surface area contributed by atoms with Crippen molar-refractivity contribution in [3.63, 3.8) is 0 Å². The molecular formula is C14H18BrNO. The van der Waals surface area contributed by atoms with Gasteiger partial charge in [-0.1, -0.05) is 22.9 Å². The molecule has 0 aromatic heterocycles. The number of fused-ring (bicyclic) bond motifs is 3. The van der Waals surface area contributed by atoms with Crippen LogP contribution in [0.25, 0.3) is 0 Å². The summed E-state index contributed by atoms with van der Waals surface area (Å²) in [6.45, 7) is 3.11. The minimum Gasteiger partial charge on any atom is -0.493 e. The van der Waals surface area contributed by atoms with Crippen LogP contribution in [0.15, 0.2) is 10.5 Å². The zero-order valence-electron chi connectivity index (χ0n) is 10.1. The van der Waals surface area contributed by atoms with Crippen LogP contribution >= 0.6 is 15.9 Å². The van der Waals surface area contributed by atoms with Crippen LogP contribution in [0, 0.1) is 5.92 Å². The number of hydrogen-bond acceptors (Lipinski definition) is 2. The third-order valence-electron chi connectivity index (χ3n) is 3.98. The average molecular weight is 296 g/mol. The summed E-state index contributed by atoms with van der Waals surface area (Å²) < 4.78 is 6.99. The van der Waals surface area contributed by atoms with Crippen molar-refractivity contribution in [2.75, 3.05) is 6.61 Å².